The van der Waals surface area contributed by atoms with Gasteiger partial charge in [-0.15, -0.1) is 0 Å². The van der Waals surface area contributed by atoms with E-state index in [2.05, 4.69) is 21.4 Å². The van der Waals surface area contributed by atoms with Gasteiger partial charge in [-0.3, -0.25) is 24.7 Å². The monoisotopic (exact) mass is 505 g/mol. The number of carbonyl (C=O) groups is 3. The first-order valence-corrected chi connectivity index (χ1v) is 12.1. The second-order valence-corrected chi connectivity index (χ2v) is 9.82. The molecule has 0 unspecified atom stereocenters. The maximum atomic E-state index is 13.0. The summed E-state index contributed by atoms with van der Waals surface area (Å²) in [6.45, 7) is 2.57. The molecule has 11 nitrogen and oxygen atoms in total. The molecule has 0 radical (unpaired) electrons. The van der Waals surface area contributed by atoms with E-state index in [-0.39, 0.29) is 29.4 Å². The standard InChI is InChI=1S/C26H31N7O4/c1-31-8-9-33(24(35)15-31)14-18-4-5-23(29-21(18)16-34)32(2)25(36)30-22-10-19(20(12-27)13-28-22)11-26(6-7-26)17-37-3/h4-5,10,13,16H,6-9,11,14-15,17H2,1-3H3,(H,28,30,36). The highest BCUT2D eigenvalue weighted by molar-refractivity contribution is 6.00. The van der Waals surface area contributed by atoms with Crippen molar-refractivity contribution < 1.29 is 19.1 Å². The fourth-order valence-corrected chi connectivity index (χ4v) is 4.48. The zero-order valence-electron chi connectivity index (χ0n) is 21.4. The molecule has 3 heterocycles. The molecule has 3 amide bonds. The van der Waals surface area contributed by atoms with Gasteiger partial charge in [-0.2, -0.15) is 5.26 Å². The van der Waals surface area contributed by atoms with Crippen molar-refractivity contribution in [1.29, 1.82) is 5.26 Å². The van der Waals surface area contributed by atoms with Gasteiger partial charge in [0.2, 0.25) is 5.91 Å². The lowest BCUT2D eigenvalue weighted by molar-refractivity contribution is -0.136. The number of hydrogen-bond acceptors (Lipinski definition) is 8. The van der Waals surface area contributed by atoms with Crippen molar-refractivity contribution in [3.05, 3.63) is 46.8 Å². The lowest BCUT2D eigenvalue weighted by atomic mass is 9.95. The second-order valence-electron chi connectivity index (χ2n) is 9.82. The predicted molar refractivity (Wildman–Crippen MR) is 136 cm³/mol. The maximum Gasteiger partial charge on any atom is 0.328 e. The fraction of sp³-hybridized carbons (Fsp3) is 0.462. The Morgan fingerprint density at radius 1 is 1.32 bits per heavy atom. The van der Waals surface area contributed by atoms with Crippen LogP contribution in [0.4, 0.5) is 16.4 Å². The lowest BCUT2D eigenvalue weighted by Gasteiger charge is -2.32. The summed E-state index contributed by atoms with van der Waals surface area (Å²) in [4.78, 5) is 50.5. The summed E-state index contributed by atoms with van der Waals surface area (Å²) in [7, 11) is 5.10. The van der Waals surface area contributed by atoms with Crippen LogP contribution in [0.3, 0.4) is 0 Å². The Bertz CT molecular complexity index is 1240. The van der Waals surface area contributed by atoms with E-state index >= 15 is 0 Å². The number of likely N-dealkylation sites (N-methyl/N-ethyl adjacent to an activating group) is 1. The highest BCUT2D eigenvalue weighted by Crippen LogP contribution is 2.49. The van der Waals surface area contributed by atoms with Crippen LogP contribution in [0.1, 0.15) is 40.0 Å². The van der Waals surface area contributed by atoms with Crippen LogP contribution in [0, 0.1) is 16.7 Å². The van der Waals surface area contributed by atoms with Crippen LogP contribution in [-0.2, 0) is 22.5 Å². The van der Waals surface area contributed by atoms with E-state index in [1.807, 2.05) is 11.9 Å². The molecule has 1 saturated heterocycles. The number of nitriles is 1. The molecule has 194 valence electrons. The zero-order valence-corrected chi connectivity index (χ0v) is 21.4. The number of anilines is 2. The number of carbonyl (C=O) groups excluding carboxylic acids is 3. The molecule has 1 saturated carbocycles. The molecule has 37 heavy (non-hydrogen) atoms. The van der Waals surface area contributed by atoms with Crippen LogP contribution in [0.2, 0.25) is 0 Å². The molecule has 0 bridgehead atoms. The summed E-state index contributed by atoms with van der Waals surface area (Å²) < 4.78 is 5.34. The molecule has 2 fully saturated rings. The first kappa shape index (κ1) is 26.2. The number of aldehydes is 1. The van der Waals surface area contributed by atoms with E-state index in [0.29, 0.717) is 49.3 Å². The molecule has 2 aromatic heterocycles. The van der Waals surface area contributed by atoms with E-state index in [9.17, 15) is 19.6 Å². The Hall–Kier alpha value is -3.88. The number of piperazine rings is 1. The summed E-state index contributed by atoms with van der Waals surface area (Å²) in [5, 5.41) is 12.2. The summed E-state index contributed by atoms with van der Waals surface area (Å²) >= 11 is 0. The molecule has 1 N–H and O–H groups in total. The topological polar surface area (TPSA) is 132 Å². The van der Waals surface area contributed by atoms with Crippen LogP contribution < -0.4 is 10.2 Å². The third-order valence-corrected chi connectivity index (χ3v) is 6.95. The van der Waals surface area contributed by atoms with Crippen molar-refractivity contribution in [3.8, 4) is 6.07 Å². The van der Waals surface area contributed by atoms with Crippen molar-refractivity contribution in [1.82, 2.24) is 19.8 Å². The van der Waals surface area contributed by atoms with Crippen molar-refractivity contribution >= 4 is 29.9 Å². The third kappa shape index (κ3) is 6.10. The molecule has 4 rings (SSSR count). The van der Waals surface area contributed by atoms with E-state index in [0.717, 1.165) is 24.9 Å². The SMILES string of the molecule is COCC1(Cc2cc(NC(=O)N(C)c3ccc(CN4CCN(C)CC4=O)c(C=O)n3)ncc2C#N)CC1. The van der Waals surface area contributed by atoms with Crippen LogP contribution >= 0.6 is 0 Å². The second kappa shape index (κ2) is 11.0. The Kier molecular flexibility index (Phi) is 7.80. The first-order valence-electron chi connectivity index (χ1n) is 12.1. The van der Waals surface area contributed by atoms with E-state index in [1.165, 1.54) is 18.1 Å². The molecule has 0 aromatic carbocycles. The number of nitrogens with zero attached hydrogens (tertiary/aromatic N) is 6. The van der Waals surface area contributed by atoms with Crippen molar-refractivity contribution in [2.45, 2.75) is 25.8 Å². The van der Waals surface area contributed by atoms with Gasteiger partial charge in [0.1, 0.15) is 23.4 Å². The molecule has 2 aliphatic rings. The highest BCUT2D eigenvalue weighted by atomic mass is 16.5. The fourth-order valence-electron chi connectivity index (χ4n) is 4.48. The predicted octanol–water partition coefficient (Wildman–Crippen LogP) is 2.07. The average molecular weight is 506 g/mol. The minimum Gasteiger partial charge on any atom is -0.384 e. The quantitative estimate of drug-likeness (QED) is 0.513. The molecule has 11 heteroatoms. The van der Waals surface area contributed by atoms with Crippen molar-refractivity contribution in [3.63, 3.8) is 0 Å². The lowest BCUT2D eigenvalue weighted by Crippen LogP contribution is -2.48. The van der Waals surface area contributed by atoms with Gasteiger partial charge < -0.3 is 9.64 Å². The number of methoxy groups -OCH3 is 1. The molecular weight excluding hydrogens is 474 g/mol. The van der Waals surface area contributed by atoms with Crippen LogP contribution in [0.5, 0.6) is 0 Å². The van der Waals surface area contributed by atoms with Gasteiger partial charge in [0, 0.05) is 45.6 Å². The number of rotatable bonds is 9. The zero-order chi connectivity index (χ0) is 26.6. The minimum absolute atomic E-state index is 0.00437. The van der Waals surface area contributed by atoms with Gasteiger partial charge in [-0.25, -0.2) is 14.8 Å². The number of aromatic nitrogens is 2. The largest absolute Gasteiger partial charge is 0.384 e. The van der Waals surface area contributed by atoms with E-state index < -0.39 is 6.03 Å². The number of amides is 3. The van der Waals surface area contributed by atoms with Crippen LogP contribution in [0.15, 0.2) is 24.4 Å². The molecule has 2 aromatic rings. The first-order chi connectivity index (χ1) is 17.8. The van der Waals surface area contributed by atoms with E-state index in [1.54, 1.807) is 30.2 Å². The molecule has 1 aliphatic carbocycles. The molecular formula is C26H31N7O4. The molecule has 1 aliphatic heterocycles. The normalized spacial score (nSPS) is 16.7. The Morgan fingerprint density at radius 3 is 2.76 bits per heavy atom. The van der Waals surface area contributed by atoms with Gasteiger partial charge >= 0.3 is 6.03 Å². The smallest absolute Gasteiger partial charge is 0.328 e. The summed E-state index contributed by atoms with van der Waals surface area (Å²) in [5.41, 5.74) is 2.12. The maximum absolute atomic E-state index is 13.0. The summed E-state index contributed by atoms with van der Waals surface area (Å²) in [5.74, 6) is 0.592. The van der Waals surface area contributed by atoms with Crippen LogP contribution in [-0.4, -0.2) is 85.4 Å². The third-order valence-electron chi connectivity index (χ3n) is 6.95. The van der Waals surface area contributed by atoms with Gasteiger partial charge in [0.15, 0.2) is 6.29 Å². The molecule has 0 atom stereocenters. The number of nitrogens with one attached hydrogen (secondary N) is 1. The summed E-state index contributed by atoms with van der Waals surface area (Å²) in [6.07, 6.45) is 4.83. The minimum atomic E-state index is -0.493. The van der Waals surface area contributed by atoms with Gasteiger partial charge in [-0.05, 0) is 49.4 Å². The highest BCUT2D eigenvalue weighted by Gasteiger charge is 2.43. The van der Waals surface area contributed by atoms with Crippen molar-refractivity contribution in [2.75, 3.05) is 57.7 Å². The number of pyridine rings is 2. The van der Waals surface area contributed by atoms with Crippen molar-refractivity contribution in [2.24, 2.45) is 5.41 Å². The number of ether oxygens (including phenoxy) is 1. The van der Waals surface area contributed by atoms with Crippen LogP contribution in [0.25, 0.3) is 0 Å². The molecule has 0 spiro atoms. The average Bonchev–Trinajstić information content (AvgIpc) is 3.64. The number of urea groups is 1. The van der Waals surface area contributed by atoms with Gasteiger partial charge in [0.05, 0.1) is 18.7 Å². The Balaban J connectivity index is 1.45. The number of hydrogen-bond donors (Lipinski definition) is 1. The Morgan fingerprint density at radius 2 is 2.11 bits per heavy atom. The summed E-state index contributed by atoms with van der Waals surface area (Å²) in [6, 6.07) is 6.76. The van der Waals surface area contributed by atoms with Gasteiger partial charge in [0.25, 0.3) is 0 Å². The van der Waals surface area contributed by atoms with E-state index in [4.69, 9.17) is 4.74 Å². The van der Waals surface area contributed by atoms with Gasteiger partial charge in [-0.1, -0.05) is 6.07 Å². The Labute approximate surface area is 216 Å².